The van der Waals surface area contributed by atoms with Crippen molar-refractivity contribution in [2.75, 3.05) is 26.7 Å². The zero-order valence-electron chi connectivity index (χ0n) is 23.3. The van der Waals surface area contributed by atoms with Gasteiger partial charge in [0.1, 0.15) is 11.3 Å². The van der Waals surface area contributed by atoms with E-state index in [9.17, 15) is 19.5 Å². The van der Waals surface area contributed by atoms with E-state index >= 15 is 0 Å². The highest BCUT2D eigenvalue weighted by Gasteiger charge is 2.41. The summed E-state index contributed by atoms with van der Waals surface area (Å²) < 4.78 is 12.0. The Morgan fingerprint density at radius 2 is 1.87 bits per heavy atom. The van der Waals surface area contributed by atoms with Crippen LogP contribution in [-0.4, -0.2) is 86.3 Å². The van der Waals surface area contributed by atoms with Gasteiger partial charge in [0.15, 0.2) is 5.69 Å². The van der Waals surface area contributed by atoms with E-state index < -0.39 is 42.1 Å². The number of hydrogen-bond donors (Lipinski definition) is 1. The molecule has 1 aromatic carbocycles. The van der Waals surface area contributed by atoms with Gasteiger partial charge in [0, 0.05) is 19.6 Å². The molecular formula is C27H39N5O6. The molecule has 1 unspecified atom stereocenters. The van der Waals surface area contributed by atoms with Crippen LogP contribution in [0.15, 0.2) is 24.3 Å². The number of piperidine rings is 1. The quantitative estimate of drug-likeness (QED) is 0.543. The van der Waals surface area contributed by atoms with E-state index in [0.29, 0.717) is 18.7 Å². The van der Waals surface area contributed by atoms with Crippen molar-refractivity contribution in [3.8, 4) is 5.69 Å². The number of rotatable bonds is 7. The lowest BCUT2D eigenvalue weighted by Gasteiger charge is -2.42. The highest BCUT2D eigenvalue weighted by Crippen LogP contribution is 2.27. The number of para-hydroxylation sites is 1. The van der Waals surface area contributed by atoms with Crippen molar-refractivity contribution in [3.63, 3.8) is 0 Å². The van der Waals surface area contributed by atoms with Crippen LogP contribution < -0.4 is 0 Å². The minimum atomic E-state index is -0.720. The van der Waals surface area contributed by atoms with Crippen LogP contribution in [0.3, 0.4) is 0 Å². The van der Waals surface area contributed by atoms with Crippen molar-refractivity contribution in [1.82, 2.24) is 24.8 Å². The Morgan fingerprint density at radius 3 is 2.45 bits per heavy atom. The maximum absolute atomic E-state index is 14.0. The number of hydrogen-bond acceptors (Lipinski definition) is 8. The number of nitrogens with zero attached hydrogens (tertiary/aromatic N) is 5. The topological polar surface area (TPSA) is 127 Å². The van der Waals surface area contributed by atoms with Gasteiger partial charge in [-0.25, -0.2) is 9.48 Å². The van der Waals surface area contributed by atoms with Crippen molar-refractivity contribution in [3.05, 3.63) is 41.2 Å². The van der Waals surface area contributed by atoms with Crippen molar-refractivity contribution in [2.24, 2.45) is 11.8 Å². The first kappa shape index (κ1) is 29.1. The second-order valence-corrected chi connectivity index (χ2v) is 11.1. The van der Waals surface area contributed by atoms with Crippen molar-refractivity contribution < 1.29 is 29.0 Å². The highest BCUT2D eigenvalue weighted by atomic mass is 16.6. The first-order chi connectivity index (χ1) is 17.9. The smallest absolute Gasteiger partial charge is 0.410 e. The van der Waals surface area contributed by atoms with Crippen molar-refractivity contribution in [2.45, 2.75) is 66.2 Å². The molecule has 0 saturated carbocycles. The summed E-state index contributed by atoms with van der Waals surface area (Å²) >= 11 is 0. The Labute approximate surface area is 223 Å². The van der Waals surface area contributed by atoms with Gasteiger partial charge in [0.2, 0.25) is 0 Å². The number of ether oxygens (including phenoxy) is 2. The van der Waals surface area contributed by atoms with Crippen LogP contribution in [0.5, 0.6) is 0 Å². The third kappa shape index (κ3) is 6.69. The molecule has 1 aliphatic heterocycles. The van der Waals surface area contributed by atoms with Gasteiger partial charge in [-0.3, -0.25) is 9.59 Å². The molecule has 0 radical (unpaired) electrons. The summed E-state index contributed by atoms with van der Waals surface area (Å²) in [5, 5.41) is 18.6. The lowest BCUT2D eigenvalue weighted by molar-refractivity contribution is -0.148. The maximum Gasteiger partial charge on any atom is 0.410 e. The number of esters is 1. The summed E-state index contributed by atoms with van der Waals surface area (Å²) in [6, 6.07) is 6.97. The predicted octanol–water partition coefficient (Wildman–Crippen LogP) is 2.96. The third-order valence-electron chi connectivity index (χ3n) is 6.34. The number of amides is 2. The lowest BCUT2D eigenvalue weighted by atomic mass is 9.92. The molecule has 2 amide bonds. The molecule has 0 aliphatic carbocycles. The molecular weight excluding hydrogens is 490 g/mol. The van der Waals surface area contributed by atoms with E-state index in [1.165, 1.54) is 16.7 Å². The molecule has 208 valence electrons. The zero-order valence-corrected chi connectivity index (χ0v) is 23.3. The summed E-state index contributed by atoms with van der Waals surface area (Å²) in [6.07, 6.45) is -0.250. The number of likely N-dealkylation sites (tertiary alicyclic amines) is 1. The van der Waals surface area contributed by atoms with E-state index in [1.54, 1.807) is 25.7 Å². The van der Waals surface area contributed by atoms with Crippen LogP contribution >= 0.6 is 0 Å². The standard InChI is InChI=1S/C27H39N5O6/c1-17(2)13-31(20-12-19(25(35)37-7)14-30(15-20)26(36)38-27(4,5)6)24(34)23-22(16-33)32(29-28-23)21-11-9-8-10-18(21)3/h8-11,17,19-20,33H,12-16H2,1-7H3/t19?,20-/m0/s1. The number of carbonyl (C=O) groups is 3. The monoisotopic (exact) mass is 529 g/mol. The van der Waals surface area contributed by atoms with Crippen molar-refractivity contribution >= 4 is 18.0 Å². The second-order valence-electron chi connectivity index (χ2n) is 11.1. The fourth-order valence-electron chi connectivity index (χ4n) is 4.64. The van der Waals surface area contributed by atoms with Crippen LogP contribution in [0.25, 0.3) is 5.69 Å². The molecule has 0 bridgehead atoms. The highest BCUT2D eigenvalue weighted by molar-refractivity contribution is 5.94. The van der Waals surface area contributed by atoms with Crippen LogP contribution in [0.1, 0.15) is 62.8 Å². The molecule has 1 aliphatic rings. The summed E-state index contributed by atoms with van der Waals surface area (Å²) in [5.41, 5.74) is 1.19. The van der Waals surface area contributed by atoms with E-state index in [1.807, 2.05) is 45.0 Å². The largest absolute Gasteiger partial charge is 0.469 e. The molecule has 3 rings (SSSR count). The Bertz CT molecular complexity index is 1160. The van der Waals surface area contributed by atoms with Gasteiger partial charge in [-0.05, 0) is 51.7 Å². The molecule has 38 heavy (non-hydrogen) atoms. The molecule has 0 spiro atoms. The minimum absolute atomic E-state index is 0.0282. The normalized spacial score (nSPS) is 17.9. The molecule has 2 aromatic rings. The average molecular weight is 530 g/mol. The van der Waals surface area contributed by atoms with E-state index in [4.69, 9.17) is 9.47 Å². The van der Waals surface area contributed by atoms with Gasteiger partial charge < -0.3 is 24.4 Å². The van der Waals surface area contributed by atoms with Crippen LogP contribution in [0.4, 0.5) is 4.79 Å². The number of aryl methyl sites for hydroxylation is 1. The maximum atomic E-state index is 14.0. The Morgan fingerprint density at radius 1 is 1.18 bits per heavy atom. The molecule has 1 aromatic heterocycles. The van der Waals surface area contributed by atoms with Crippen molar-refractivity contribution in [1.29, 1.82) is 0 Å². The van der Waals surface area contributed by atoms with Crippen LogP contribution in [-0.2, 0) is 20.9 Å². The third-order valence-corrected chi connectivity index (χ3v) is 6.34. The lowest BCUT2D eigenvalue weighted by Crippen LogP contribution is -2.57. The van der Waals surface area contributed by atoms with Gasteiger partial charge >= 0.3 is 12.1 Å². The minimum Gasteiger partial charge on any atom is -0.469 e. The molecule has 2 atom stereocenters. The number of aliphatic hydroxyl groups is 1. The van der Waals surface area contributed by atoms with Gasteiger partial charge in [-0.15, -0.1) is 5.10 Å². The Balaban J connectivity index is 1.99. The molecule has 1 fully saturated rings. The fraction of sp³-hybridized carbons (Fsp3) is 0.593. The van der Waals surface area contributed by atoms with Gasteiger partial charge in [-0.2, -0.15) is 0 Å². The van der Waals surface area contributed by atoms with Gasteiger partial charge in [0.25, 0.3) is 5.91 Å². The summed E-state index contributed by atoms with van der Waals surface area (Å²) in [5.74, 6) is -1.44. The number of methoxy groups -OCH3 is 1. The van der Waals surface area contributed by atoms with Crippen LogP contribution in [0.2, 0.25) is 0 Å². The van der Waals surface area contributed by atoms with E-state index in [-0.39, 0.29) is 30.4 Å². The average Bonchev–Trinajstić information content (AvgIpc) is 3.29. The van der Waals surface area contributed by atoms with E-state index in [0.717, 1.165) is 5.56 Å². The van der Waals surface area contributed by atoms with E-state index in [2.05, 4.69) is 10.3 Å². The molecule has 11 nitrogen and oxygen atoms in total. The fourth-order valence-corrected chi connectivity index (χ4v) is 4.64. The molecule has 1 N–H and O–H groups in total. The SMILES string of the molecule is COC(=O)C1C[C@H](N(CC(C)C)C(=O)c2nnn(-c3ccccc3C)c2CO)CN(C(=O)OC(C)(C)C)C1. The number of carbonyl (C=O) groups excluding carboxylic acids is 3. The number of aromatic nitrogens is 3. The molecule has 11 heteroatoms. The number of benzene rings is 1. The van der Waals surface area contributed by atoms with Crippen LogP contribution in [0, 0.1) is 18.8 Å². The summed E-state index contributed by atoms with van der Waals surface area (Å²) in [4.78, 5) is 42.6. The summed E-state index contributed by atoms with van der Waals surface area (Å²) in [7, 11) is 1.30. The Hall–Kier alpha value is -3.47. The molecule has 2 heterocycles. The second kappa shape index (κ2) is 11.9. The first-order valence-electron chi connectivity index (χ1n) is 12.8. The zero-order chi connectivity index (χ0) is 28.2. The Kier molecular flexibility index (Phi) is 9.14. The van der Waals surface area contributed by atoms with Gasteiger partial charge in [0.05, 0.1) is 31.4 Å². The van der Waals surface area contributed by atoms with Gasteiger partial charge in [-0.1, -0.05) is 37.3 Å². The summed E-state index contributed by atoms with van der Waals surface area (Å²) in [6.45, 7) is 11.4. The predicted molar refractivity (Wildman–Crippen MR) is 140 cm³/mol. The first-order valence-corrected chi connectivity index (χ1v) is 12.8. The number of aliphatic hydroxyl groups excluding tert-OH is 1. The molecule has 1 saturated heterocycles.